The van der Waals surface area contributed by atoms with E-state index in [-0.39, 0.29) is 0 Å². The fourth-order valence-electron chi connectivity index (χ4n) is 4.90. The van der Waals surface area contributed by atoms with Gasteiger partial charge in [0.05, 0.1) is 41.2 Å². The maximum absolute atomic E-state index is 10.7. The van der Waals surface area contributed by atoms with E-state index >= 15 is 0 Å². The van der Waals surface area contributed by atoms with Gasteiger partial charge < -0.3 is 5.11 Å². The first-order valence-corrected chi connectivity index (χ1v) is 12.4. The Labute approximate surface area is 211 Å². The Kier molecular flexibility index (Phi) is 6.41. The van der Waals surface area contributed by atoms with Crippen molar-refractivity contribution in [3.8, 4) is 23.0 Å². The Hall–Kier alpha value is -4.21. The summed E-state index contributed by atoms with van der Waals surface area (Å²) in [5.74, 6) is 0. The summed E-state index contributed by atoms with van der Waals surface area (Å²) in [6.45, 7) is 6.72. The Balaban J connectivity index is 1.59. The zero-order valence-corrected chi connectivity index (χ0v) is 20.8. The van der Waals surface area contributed by atoms with Crippen LogP contribution in [0.2, 0.25) is 0 Å². The molecule has 0 aliphatic heterocycles. The normalized spacial score (nSPS) is 12.1. The highest BCUT2D eigenvalue weighted by Crippen LogP contribution is 2.33. The number of rotatable bonds is 7. The number of aryl methyl sites for hydroxylation is 1. The van der Waals surface area contributed by atoms with Crippen molar-refractivity contribution in [3.05, 3.63) is 101 Å². The van der Waals surface area contributed by atoms with Gasteiger partial charge in [-0.3, -0.25) is 4.68 Å². The number of aromatic nitrogens is 4. The number of aliphatic hydroxyl groups excluding tert-OH is 1. The van der Waals surface area contributed by atoms with Crippen molar-refractivity contribution < 1.29 is 5.11 Å². The Bertz CT molecular complexity index is 1570. The standard InChI is InChI=1S/C30H29N5O/c1-4-22-16-21(17-31)14-15-28(22)35-20(3)24(5-2)30(33-35)25-12-9-13-27-26(25)18-34(32-27)19-29(36)23-10-7-6-8-11-23/h6-16,18,29,36H,4-5,19H2,1-3H3/t29-/m0/s1. The van der Waals surface area contributed by atoms with Crippen molar-refractivity contribution in [1.29, 1.82) is 5.26 Å². The van der Waals surface area contributed by atoms with Gasteiger partial charge in [-0.2, -0.15) is 15.5 Å². The minimum atomic E-state index is -0.638. The summed E-state index contributed by atoms with van der Waals surface area (Å²) >= 11 is 0. The van der Waals surface area contributed by atoms with Crippen molar-refractivity contribution in [2.75, 3.05) is 0 Å². The SMILES string of the molecule is CCc1cc(C#N)ccc1-n1nc(-c2cccc3nn(C[C@H](O)c4ccccc4)cc23)c(CC)c1C. The van der Waals surface area contributed by atoms with Gasteiger partial charge >= 0.3 is 0 Å². The Morgan fingerprint density at radius 2 is 1.78 bits per heavy atom. The maximum atomic E-state index is 10.7. The highest BCUT2D eigenvalue weighted by Gasteiger charge is 2.20. The average Bonchev–Trinajstić information content (AvgIpc) is 3.48. The number of nitrogens with zero attached hydrogens (tertiary/aromatic N) is 5. The summed E-state index contributed by atoms with van der Waals surface area (Å²) in [4.78, 5) is 0. The number of benzene rings is 3. The highest BCUT2D eigenvalue weighted by atomic mass is 16.3. The number of nitriles is 1. The topological polar surface area (TPSA) is 79.7 Å². The first-order chi connectivity index (χ1) is 17.5. The first-order valence-electron chi connectivity index (χ1n) is 12.4. The van der Waals surface area contributed by atoms with Gasteiger partial charge in [0.2, 0.25) is 0 Å². The Morgan fingerprint density at radius 1 is 0.972 bits per heavy atom. The van der Waals surface area contributed by atoms with Gasteiger partial charge in [-0.05, 0) is 55.2 Å². The molecule has 6 heteroatoms. The molecule has 3 aromatic carbocycles. The van der Waals surface area contributed by atoms with Crippen LogP contribution in [-0.2, 0) is 19.4 Å². The third-order valence-corrected chi connectivity index (χ3v) is 6.81. The van der Waals surface area contributed by atoms with Crippen molar-refractivity contribution in [1.82, 2.24) is 19.6 Å². The molecule has 36 heavy (non-hydrogen) atoms. The van der Waals surface area contributed by atoms with E-state index in [4.69, 9.17) is 10.2 Å². The number of hydrogen-bond acceptors (Lipinski definition) is 4. The third kappa shape index (κ3) is 4.19. The maximum Gasteiger partial charge on any atom is 0.0991 e. The van der Waals surface area contributed by atoms with Crippen LogP contribution >= 0.6 is 0 Å². The lowest BCUT2D eigenvalue weighted by Crippen LogP contribution is -2.08. The Morgan fingerprint density at radius 3 is 2.50 bits per heavy atom. The van der Waals surface area contributed by atoms with Crippen molar-refractivity contribution in [2.45, 2.75) is 46.3 Å². The molecule has 1 N–H and O–H groups in total. The highest BCUT2D eigenvalue weighted by molar-refractivity contribution is 5.94. The molecule has 1 atom stereocenters. The summed E-state index contributed by atoms with van der Waals surface area (Å²) < 4.78 is 3.83. The molecule has 0 aliphatic carbocycles. The predicted octanol–water partition coefficient (Wildman–Crippen LogP) is 5.93. The molecule has 180 valence electrons. The van der Waals surface area contributed by atoms with Gasteiger partial charge in [0, 0.05) is 28.4 Å². The molecule has 5 aromatic rings. The van der Waals surface area contributed by atoms with Crippen LogP contribution in [-0.4, -0.2) is 24.7 Å². The number of fused-ring (bicyclic) bond motifs is 1. The van der Waals surface area contributed by atoms with E-state index in [9.17, 15) is 10.4 Å². The van der Waals surface area contributed by atoms with Crippen LogP contribution in [0.25, 0.3) is 27.8 Å². The third-order valence-electron chi connectivity index (χ3n) is 6.81. The summed E-state index contributed by atoms with van der Waals surface area (Å²) in [6, 6.07) is 23.8. The van der Waals surface area contributed by atoms with Crippen LogP contribution in [0, 0.1) is 18.3 Å². The molecule has 0 saturated heterocycles. The molecule has 2 heterocycles. The van der Waals surface area contributed by atoms with Crippen LogP contribution in [0.5, 0.6) is 0 Å². The summed E-state index contributed by atoms with van der Waals surface area (Å²) in [6.07, 6.45) is 3.02. The fraction of sp³-hybridized carbons (Fsp3) is 0.233. The molecule has 0 aliphatic rings. The molecule has 6 nitrogen and oxygen atoms in total. The van der Waals surface area contributed by atoms with Gasteiger partial charge in [0.15, 0.2) is 0 Å². The second-order valence-corrected chi connectivity index (χ2v) is 9.00. The largest absolute Gasteiger partial charge is 0.386 e. The molecule has 5 rings (SSSR count). The minimum absolute atomic E-state index is 0.372. The predicted molar refractivity (Wildman–Crippen MR) is 142 cm³/mol. The lowest BCUT2D eigenvalue weighted by molar-refractivity contribution is 0.152. The number of aliphatic hydroxyl groups is 1. The molecule has 0 amide bonds. The zero-order chi connectivity index (χ0) is 25.2. The van der Waals surface area contributed by atoms with E-state index in [1.54, 1.807) is 0 Å². The first kappa shape index (κ1) is 23.5. The van der Waals surface area contributed by atoms with Crippen LogP contribution in [0.3, 0.4) is 0 Å². The van der Waals surface area contributed by atoms with Gasteiger partial charge in [-0.15, -0.1) is 0 Å². The summed E-state index contributed by atoms with van der Waals surface area (Å²) in [5, 5.41) is 30.9. The summed E-state index contributed by atoms with van der Waals surface area (Å²) in [7, 11) is 0. The lowest BCUT2D eigenvalue weighted by Gasteiger charge is -2.10. The minimum Gasteiger partial charge on any atom is -0.386 e. The molecule has 2 aromatic heterocycles. The quantitative estimate of drug-likeness (QED) is 0.316. The van der Waals surface area contributed by atoms with Gasteiger partial charge in [-0.25, -0.2) is 4.68 Å². The second kappa shape index (κ2) is 9.80. The summed E-state index contributed by atoms with van der Waals surface area (Å²) in [5.41, 5.74) is 8.74. The monoisotopic (exact) mass is 475 g/mol. The van der Waals surface area contributed by atoms with Crippen LogP contribution in [0.4, 0.5) is 0 Å². The van der Waals surface area contributed by atoms with Crippen molar-refractivity contribution in [2.24, 2.45) is 0 Å². The molecule has 0 saturated carbocycles. The van der Waals surface area contributed by atoms with Crippen LogP contribution < -0.4 is 0 Å². The van der Waals surface area contributed by atoms with E-state index in [0.29, 0.717) is 12.1 Å². The van der Waals surface area contributed by atoms with E-state index in [1.165, 1.54) is 5.56 Å². The molecule has 0 unspecified atom stereocenters. The fourth-order valence-corrected chi connectivity index (χ4v) is 4.90. The molecule has 0 bridgehead atoms. The van der Waals surface area contributed by atoms with E-state index in [1.807, 2.05) is 76.2 Å². The van der Waals surface area contributed by atoms with Gasteiger partial charge in [0.1, 0.15) is 0 Å². The van der Waals surface area contributed by atoms with Crippen molar-refractivity contribution >= 4 is 10.9 Å². The molecule has 0 radical (unpaired) electrons. The van der Waals surface area contributed by atoms with Crippen molar-refractivity contribution in [3.63, 3.8) is 0 Å². The van der Waals surface area contributed by atoms with E-state index in [0.717, 1.165) is 57.5 Å². The van der Waals surface area contributed by atoms with Crippen LogP contribution in [0.1, 0.15) is 47.9 Å². The zero-order valence-electron chi connectivity index (χ0n) is 20.8. The van der Waals surface area contributed by atoms with Crippen LogP contribution in [0.15, 0.2) is 72.9 Å². The van der Waals surface area contributed by atoms with E-state index < -0.39 is 6.10 Å². The molecular weight excluding hydrogens is 446 g/mol. The van der Waals surface area contributed by atoms with E-state index in [2.05, 4.69) is 32.9 Å². The smallest absolute Gasteiger partial charge is 0.0991 e. The molecule has 0 spiro atoms. The lowest BCUT2D eigenvalue weighted by atomic mass is 10.0. The average molecular weight is 476 g/mol. The molecular formula is C30H29N5O. The molecule has 0 fully saturated rings. The number of hydrogen-bond donors (Lipinski definition) is 1. The second-order valence-electron chi connectivity index (χ2n) is 9.00. The van der Waals surface area contributed by atoms with Gasteiger partial charge in [0.25, 0.3) is 0 Å². The van der Waals surface area contributed by atoms with Gasteiger partial charge in [-0.1, -0.05) is 56.3 Å².